The molecule has 1 fully saturated rings. The number of H-pyrrole nitrogens is 1. The van der Waals surface area contributed by atoms with Gasteiger partial charge in [-0.25, -0.2) is 23.4 Å². The van der Waals surface area contributed by atoms with Crippen molar-refractivity contribution in [2.45, 2.75) is 30.5 Å². The number of aliphatic hydroxyl groups is 1. The van der Waals surface area contributed by atoms with Crippen molar-refractivity contribution < 1.29 is 13.5 Å². The van der Waals surface area contributed by atoms with E-state index in [1.165, 1.54) is 29.7 Å². The first-order valence-electron chi connectivity index (χ1n) is 10.3. The molecule has 1 aliphatic carbocycles. The summed E-state index contributed by atoms with van der Waals surface area (Å²) < 4.78 is 25.5. The van der Waals surface area contributed by atoms with Crippen molar-refractivity contribution in [1.82, 2.24) is 19.9 Å². The number of nitrogens with zero attached hydrogens (tertiary/aromatic N) is 4. The maximum Gasteiger partial charge on any atom is 0.195 e. The molecule has 1 aliphatic rings. The number of thiazole rings is 1. The molecule has 0 amide bonds. The summed E-state index contributed by atoms with van der Waals surface area (Å²) in [5, 5.41) is 23.6. The average molecular weight is 481 g/mol. The van der Waals surface area contributed by atoms with Gasteiger partial charge in [-0.3, -0.25) is 0 Å². The molecule has 0 aliphatic heterocycles. The maximum atomic E-state index is 12.7. The zero-order chi connectivity index (χ0) is 23.0. The third-order valence-electron chi connectivity index (χ3n) is 5.75. The molecule has 168 valence electrons. The lowest BCUT2D eigenvalue weighted by Gasteiger charge is -2.36. The third-order valence-corrected chi connectivity index (χ3v) is 8.53. The number of aliphatic hydroxyl groups excluding tert-OH is 1. The number of hydrogen-bond acceptors (Lipinski definition) is 9. The van der Waals surface area contributed by atoms with Crippen LogP contribution in [0.5, 0.6) is 0 Å². The molecule has 3 N–H and O–H groups in total. The van der Waals surface area contributed by atoms with E-state index in [9.17, 15) is 13.5 Å². The van der Waals surface area contributed by atoms with Crippen molar-refractivity contribution in [2.75, 3.05) is 11.1 Å². The minimum absolute atomic E-state index is 0.00215. The van der Waals surface area contributed by atoms with E-state index >= 15 is 0 Å². The van der Waals surface area contributed by atoms with E-state index in [-0.39, 0.29) is 34.9 Å². The van der Waals surface area contributed by atoms with Crippen LogP contribution in [0.25, 0.3) is 21.6 Å². The van der Waals surface area contributed by atoms with Gasteiger partial charge in [-0.1, -0.05) is 0 Å². The second kappa shape index (κ2) is 8.55. The molecule has 4 heterocycles. The lowest BCUT2D eigenvalue weighted by Crippen LogP contribution is -2.39. The molecule has 4 aromatic heterocycles. The van der Waals surface area contributed by atoms with Crippen molar-refractivity contribution in [3.05, 3.63) is 53.4 Å². The Morgan fingerprint density at radius 1 is 1.24 bits per heavy atom. The van der Waals surface area contributed by atoms with Gasteiger partial charge in [0.2, 0.25) is 0 Å². The maximum absolute atomic E-state index is 12.7. The van der Waals surface area contributed by atoms with Gasteiger partial charge < -0.3 is 15.4 Å². The molecule has 5 rings (SSSR count). The number of nitriles is 1. The summed E-state index contributed by atoms with van der Waals surface area (Å²) in [6, 6.07) is 6.82. The van der Waals surface area contributed by atoms with Crippen LogP contribution in [0.3, 0.4) is 0 Å². The highest BCUT2D eigenvalue weighted by atomic mass is 32.2. The van der Waals surface area contributed by atoms with Gasteiger partial charge in [0.15, 0.2) is 14.9 Å². The highest BCUT2D eigenvalue weighted by Crippen LogP contribution is 2.39. The number of anilines is 1. The molecule has 0 radical (unpaired) electrons. The van der Waals surface area contributed by atoms with Gasteiger partial charge in [-0.2, -0.15) is 5.26 Å². The smallest absolute Gasteiger partial charge is 0.195 e. The van der Waals surface area contributed by atoms with Crippen LogP contribution in [0, 0.1) is 17.2 Å². The lowest BCUT2D eigenvalue weighted by atomic mass is 9.81. The minimum Gasteiger partial charge on any atom is -0.391 e. The third kappa shape index (κ3) is 4.20. The molecule has 0 bridgehead atoms. The first-order chi connectivity index (χ1) is 16.0. The summed E-state index contributed by atoms with van der Waals surface area (Å²) in [5.74, 6) is 0.00947. The van der Waals surface area contributed by atoms with E-state index in [2.05, 4.69) is 25.3 Å². The van der Waals surface area contributed by atoms with E-state index in [1.54, 1.807) is 12.4 Å². The monoisotopic (exact) mass is 480 g/mol. The standard InChI is InChI=1S/C22H20N6O3S2/c23-8-13-1-3-24-19(7-13)33(30,31)12-14-5-15(6-14)28-20-17-2-4-25-21(17)26-10-18(20)22-27-9-16(11-29)32-22/h1-4,7,9-10,14-15,29H,5-6,11-12H2,(H2,25,26,28). The molecule has 0 spiro atoms. The number of rotatable bonds is 7. The topological polar surface area (TPSA) is 145 Å². The summed E-state index contributed by atoms with van der Waals surface area (Å²) in [5.41, 5.74) is 2.78. The Kier molecular flexibility index (Phi) is 5.57. The van der Waals surface area contributed by atoms with Crippen LogP contribution in [0.2, 0.25) is 0 Å². The van der Waals surface area contributed by atoms with Crippen molar-refractivity contribution in [2.24, 2.45) is 5.92 Å². The van der Waals surface area contributed by atoms with Gasteiger partial charge >= 0.3 is 0 Å². The fraction of sp³-hybridized carbons (Fsp3) is 0.273. The molecule has 0 atom stereocenters. The van der Waals surface area contributed by atoms with E-state index in [0.29, 0.717) is 12.8 Å². The zero-order valence-electron chi connectivity index (χ0n) is 17.4. The van der Waals surface area contributed by atoms with Crippen LogP contribution < -0.4 is 5.32 Å². The van der Waals surface area contributed by atoms with Crippen molar-refractivity contribution in [3.63, 3.8) is 0 Å². The molecular weight excluding hydrogens is 460 g/mol. The number of nitrogens with one attached hydrogen (secondary N) is 2. The zero-order valence-corrected chi connectivity index (χ0v) is 19.0. The van der Waals surface area contributed by atoms with E-state index in [0.717, 1.165) is 32.2 Å². The van der Waals surface area contributed by atoms with Crippen molar-refractivity contribution in [1.29, 1.82) is 5.26 Å². The number of hydrogen-bond donors (Lipinski definition) is 3. The molecule has 0 unspecified atom stereocenters. The number of pyridine rings is 2. The largest absolute Gasteiger partial charge is 0.391 e. The molecule has 11 heteroatoms. The highest BCUT2D eigenvalue weighted by molar-refractivity contribution is 7.91. The Morgan fingerprint density at radius 2 is 2.09 bits per heavy atom. The van der Waals surface area contributed by atoms with Crippen LogP contribution in [0.15, 0.2) is 48.0 Å². The second-order valence-corrected chi connectivity index (χ2v) is 11.1. The lowest BCUT2D eigenvalue weighted by molar-refractivity contribution is 0.285. The molecule has 0 aromatic carbocycles. The molecule has 1 saturated carbocycles. The van der Waals surface area contributed by atoms with Crippen molar-refractivity contribution in [3.8, 4) is 16.6 Å². The number of aromatic amines is 1. The van der Waals surface area contributed by atoms with E-state index in [1.807, 2.05) is 18.3 Å². The fourth-order valence-corrected chi connectivity index (χ4v) is 6.45. The summed E-state index contributed by atoms with van der Waals surface area (Å²) in [6.45, 7) is -0.0643. The summed E-state index contributed by atoms with van der Waals surface area (Å²) in [6.07, 6.45) is 7.99. The Labute approximate surface area is 194 Å². The summed E-state index contributed by atoms with van der Waals surface area (Å²) >= 11 is 1.41. The van der Waals surface area contributed by atoms with Gasteiger partial charge in [-0.15, -0.1) is 11.3 Å². The predicted molar refractivity (Wildman–Crippen MR) is 124 cm³/mol. The first kappa shape index (κ1) is 21.5. The van der Waals surface area contributed by atoms with Gasteiger partial charge in [0.05, 0.1) is 40.1 Å². The summed E-state index contributed by atoms with van der Waals surface area (Å²) in [7, 11) is -3.56. The molecule has 9 nitrogen and oxygen atoms in total. The van der Waals surface area contributed by atoms with Crippen LogP contribution >= 0.6 is 11.3 Å². The quantitative estimate of drug-likeness (QED) is 0.366. The number of aromatic nitrogens is 4. The Morgan fingerprint density at radius 3 is 2.85 bits per heavy atom. The Hall–Kier alpha value is -3.33. The summed E-state index contributed by atoms with van der Waals surface area (Å²) in [4.78, 5) is 16.7. The Bertz CT molecular complexity index is 1460. The van der Waals surface area contributed by atoms with E-state index in [4.69, 9.17) is 5.26 Å². The molecule has 33 heavy (non-hydrogen) atoms. The fourth-order valence-electron chi connectivity index (χ4n) is 4.07. The SMILES string of the molecule is N#Cc1ccnc(S(=O)(=O)CC2CC(Nc3c(-c4ncc(CO)s4)cnc4[nH]ccc34)C2)c1. The molecular formula is C22H20N6O3S2. The van der Waals surface area contributed by atoms with Gasteiger partial charge in [-0.05, 0) is 37.0 Å². The molecule has 0 saturated heterocycles. The first-order valence-corrected chi connectivity index (χ1v) is 12.8. The van der Waals surface area contributed by atoms with E-state index < -0.39 is 9.84 Å². The molecule has 4 aromatic rings. The normalized spacial score (nSPS) is 18.1. The van der Waals surface area contributed by atoms with Gasteiger partial charge in [0.25, 0.3) is 0 Å². The van der Waals surface area contributed by atoms with Gasteiger partial charge in [0, 0.05) is 36.2 Å². The average Bonchev–Trinajstić information content (AvgIpc) is 3.47. The predicted octanol–water partition coefficient (Wildman–Crippen LogP) is 3.11. The van der Waals surface area contributed by atoms with Crippen LogP contribution in [0.1, 0.15) is 23.3 Å². The van der Waals surface area contributed by atoms with Gasteiger partial charge in [0.1, 0.15) is 10.7 Å². The van der Waals surface area contributed by atoms with Crippen LogP contribution in [0.4, 0.5) is 5.69 Å². The van der Waals surface area contributed by atoms with Crippen molar-refractivity contribution >= 4 is 37.9 Å². The number of sulfone groups is 1. The van der Waals surface area contributed by atoms with Crippen LogP contribution in [-0.4, -0.2) is 45.3 Å². The number of fused-ring (bicyclic) bond motifs is 1. The minimum atomic E-state index is -3.56. The second-order valence-electron chi connectivity index (χ2n) is 8.03. The highest BCUT2D eigenvalue weighted by Gasteiger charge is 2.34. The van der Waals surface area contributed by atoms with Crippen LogP contribution in [-0.2, 0) is 16.4 Å². The Balaban J connectivity index is 1.32.